The van der Waals surface area contributed by atoms with Crippen LogP contribution in [0.15, 0.2) is 0 Å². The first kappa shape index (κ1) is 12.6. The molecule has 0 unspecified atom stereocenters. The summed E-state index contributed by atoms with van der Waals surface area (Å²) in [6.45, 7) is 4.48. The van der Waals surface area contributed by atoms with Crippen molar-refractivity contribution in [2.45, 2.75) is 52.4 Å². The topological polar surface area (TPSA) is 43.4 Å². The van der Waals surface area contributed by atoms with Crippen molar-refractivity contribution in [2.24, 2.45) is 17.3 Å². The third-order valence-electron chi connectivity index (χ3n) is 4.56. The Labute approximate surface area is 103 Å². The maximum atomic E-state index is 12.1. The molecule has 0 bridgehead atoms. The van der Waals surface area contributed by atoms with E-state index in [-0.39, 0.29) is 23.2 Å². The van der Waals surface area contributed by atoms with Crippen molar-refractivity contribution < 1.29 is 14.3 Å². The molecule has 0 aromatic rings. The van der Waals surface area contributed by atoms with Gasteiger partial charge < -0.3 is 4.74 Å². The molecule has 0 heterocycles. The lowest BCUT2D eigenvalue weighted by molar-refractivity contribution is -0.145. The first-order valence-corrected chi connectivity index (χ1v) is 6.75. The van der Waals surface area contributed by atoms with E-state index in [0.29, 0.717) is 25.2 Å². The van der Waals surface area contributed by atoms with E-state index in [4.69, 9.17) is 4.74 Å². The molecule has 2 aliphatic rings. The average Bonchev–Trinajstić information content (AvgIpc) is 2.57. The highest BCUT2D eigenvalue weighted by Gasteiger charge is 2.50. The zero-order valence-corrected chi connectivity index (χ0v) is 10.8. The number of carbonyl (C=O) groups excluding carboxylic acids is 2. The summed E-state index contributed by atoms with van der Waals surface area (Å²) >= 11 is 0. The van der Waals surface area contributed by atoms with Crippen LogP contribution in [0.1, 0.15) is 52.4 Å². The van der Waals surface area contributed by atoms with E-state index in [2.05, 4.69) is 6.92 Å². The smallest absolute Gasteiger partial charge is 0.306 e. The SMILES string of the molecule is CCOC(=O)C[C@@H]1CC[C@@]2(C)CCCC(=O)[C@@H]12. The summed E-state index contributed by atoms with van der Waals surface area (Å²) in [6, 6.07) is 0. The summed E-state index contributed by atoms with van der Waals surface area (Å²) in [5, 5.41) is 0. The molecule has 96 valence electrons. The van der Waals surface area contributed by atoms with Crippen molar-refractivity contribution in [3.63, 3.8) is 0 Å². The summed E-state index contributed by atoms with van der Waals surface area (Å²) in [7, 11) is 0. The normalized spacial score (nSPS) is 36.7. The second-order valence-corrected chi connectivity index (χ2v) is 5.76. The fourth-order valence-electron chi connectivity index (χ4n) is 3.81. The summed E-state index contributed by atoms with van der Waals surface area (Å²) < 4.78 is 5.00. The monoisotopic (exact) mass is 238 g/mol. The highest BCUT2D eigenvalue weighted by molar-refractivity contribution is 5.84. The minimum absolute atomic E-state index is 0.112. The minimum Gasteiger partial charge on any atom is -0.466 e. The molecule has 0 saturated heterocycles. The predicted molar refractivity (Wildman–Crippen MR) is 64.4 cm³/mol. The molecule has 0 spiro atoms. The molecule has 3 nitrogen and oxygen atoms in total. The van der Waals surface area contributed by atoms with Crippen molar-refractivity contribution in [3.05, 3.63) is 0 Å². The molecule has 17 heavy (non-hydrogen) atoms. The molecule has 0 N–H and O–H groups in total. The van der Waals surface area contributed by atoms with Gasteiger partial charge in [0.05, 0.1) is 6.61 Å². The summed E-state index contributed by atoms with van der Waals surface area (Å²) in [5.41, 5.74) is 0.159. The van der Waals surface area contributed by atoms with Gasteiger partial charge in [0.15, 0.2) is 0 Å². The van der Waals surface area contributed by atoms with Gasteiger partial charge in [0.2, 0.25) is 0 Å². The second-order valence-electron chi connectivity index (χ2n) is 5.76. The molecule has 2 fully saturated rings. The van der Waals surface area contributed by atoms with Crippen LogP contribution in [0.2, 0.25) is 0 Å². The third-order valence-corrected chi connectivity index (χ3v) is 4.56. The van der Waals surface area contributed by atoms with Crippen LogP contribution in [0.4, 0.5) is 0 Å². The van der Waals surface area contributed by atoms with Gasteiger partial charge in [-0.25, -0.2) is 0 Å². The Morgan fingerprint density at radius 2 is 2.24 bits per heavy atom. The third kappa shape index (κ3) is 2.38. The van der Waals surface area contributed by atoms with Gasteiger partial charge in [-0.3, -0.25) is 9.59 Å². The molecule has 3 heteroatoms. The van der Waals surface area contributed by atoms with Gasteiger partial charge in [-0.15, -0.1) is 0 Å². The number of hydrogen-bond donors (Lipinski definition) is 0. The number of ether oxygens (including phenoxy) is 1. The molecule has 0 aliphatic heterocycles. The van der Waals surface area contributed by atoms with E-state index in [9.17, 15) is 9.59 Å². The summed E-state index contributed by atoms with van der Waals surface area (Å²) in [5.74, 6) is 0.582. The van der Waals surface area contributed by atoms with Gasteiger partial charge in [-0.2, -0.15) is 0 Å². The number of ketones is 1. The molecule has 2 aliphatic carbocycles. The zero-order valence-electron chi connectivity index (χ0n) is 10.8. The lowest BCUT2D eigenvalue weighted by Crippen LogP contribution is -2.37. The number of Topliss-reactive ketones (excluding diaryl/α,β-unsaturated/α-hetero) is 1. The molecule has 3 atom stereocenters. The lowest BCUT2D eigenvalue weighted by atomic mass is 9.66. The van der Waals surface area contributed by atoms with E-state index < -0.39 is 0 Å². The second kappa shape index (κ2) is 4.79. The number of fused-ring (bicyclic) bond motifs is 1. The van der Waals surface area contributed by atoms with E-state index in [1.54, 1.807) is 0 Å². The number of carbonyl (C=O) groups is 2. The molecule has 0 amide bonds. The zero-order chi connectivity index (χ0) is 12.5. The Bertz CT molecular complexity index is 323. The van der Waals surface area contributed by atoms with Crippen molar-refractivity contribution in [3.8, 4) is 0 Å². The van der Waals surface area contributed by atoms with E-state index in [0.717, 1.165) is 25.7 Å². The van der Waals surface area contributed by atoms with Gasteiger partial charge in [-0.05, 0) is 43.9 Å². The van der Waals surface area contributed by atoms with E-state index >= 15 is 0 Å². The fraction of sp³-hybridized carbons (Fsp3) is 0.857. The quantitative estimate of drug-likeness (QED) is 0.710. The summed E-state index contributed by atoms with van der Waals surface area (Å²) in [4.78, 5) is 23.6. The van der Waals surface area contributed by atoms with Crippen molar-refractivity contribution in [1.82, 2.24) is 0 Å². The Hall–Kier alpha value is -0.860. The Kier molecular flexibility index (Phi) is 3.55. The Morgan fingerprint density at radius 3 is 2.94 bits per heavy atom. The predicted octanol–water partition coefficient (Wildman–Crippen LogP) is 2.73. The maximum Gasteiger partial charge on any atom is 0.306 e. The van der Waals surface area contributed by atoms with Crippen LogP contribution >= 0.6 is 0 Å². The molecule has 0 radical (unpaired) electrons. The van der Waals surface area contributed by atoms with Gasteiger partial charge in [0, 0.05) is 18.8 Å². The first-order chi connectivity index (χ1) is 8.07. The van der Waals surface area contributed by atoms with Crippen LogP contribution in [-0.4, -0.2) is 18.4 Å². The highest BCUT2D eigenvalue weighted by atomic mass is 16.5. The first-order valence-electron chi connectivity index (χ1n) is 6.75. The van der Waals surface area contributed by atoms with Crippen LogP contribution < -0.4 is 0 Å². The molecule has 2 saturated carbocycles. The van der Waals surface area contributed by atoms with Crippen molar-refractivity contribution in [1.29, 1.82) is 0 Å². The minimum atomic E-state index is -0.139. The van der Waals surface area contributed by atoms with Crippen LogP contribution in [0.25, 0.3) is 0 Å². The fourth-order valence-corrected chi connectivity index (χ4v) is 3.81. The average molecular weight is 238 g/mol. The lowest BCUT2D eigenvalue weighted by Gasteiger charge is -2.37. The van der Waals surface area contributed by atoms with Gasteiger partial charge in [0.1, 0.15) is 5.78 Å². The van der Waals surface area contributed by atoms with E-state index in [1.807, 2.05) is 6.92 Å². The number of rotatable bonds is 3. The molecular weight excluding hydrogens is 216 g/mol. The standard InChI is InChI=1S/C14H22O3/c1-3-17-12(16)9-10-6-8-14(2)7-4-5-11(15)13(10)14/h10,13H,3-9H2,1-2H3/t10-,13+,14+/m0/s1. The van der Waals surface area contributed by atoms with Gasteiger partial charge >= 0.3 is 5.97 Å². The van der Waals surface area contributed by atoms with Gasteiger partial charge in [-0.1, -0.05) is 6.92 Å². The molecular formula is C14H22O3. The Morgan fingerprint density at radius 1 is 1.47 bits per heavy atom. The summed E-state index contributed by atoms with van der Waals surface area (Å²) in [6.07, 6.45) is 5.40. The van der Waals surface area contributed by atoms with Crippen molar-refractivity contribution >= 4 is 11.8 Å². The highest BCUT2D eigenvalue weighted by Crippen LogP contribution is 2.54. The van der Waals surface area contributed by atoms with Crippen LogP contribution in [0.3, 0.4) is 0 Å². The molecule has 2 rings (SSSR count). The maximum absolute atomic E-state index is 12.1. The number of hydrogen-bond acceptors (Lipinski definition) is 3. The van der Waals surface area contributed by atoms with E-state index in [1.165, 1.54) is 0 Å². The molecule has 0 aromatic carbocycles. The van der Waals surface area contributed by atoms with Gasteiger partial charge in [0.25, 0.3) is 0 Å². The number of esters is 1. The molecule has 0 aromatic heterocycles. The van der Waals surface area contributed by atoms with Crippen molar-refractivity contribution in [2.75, 3.05) is 6.61 Å². The Balaban J connectivity index is 2.05. The largest absolute Gasteiger partial charge is 0.466 e. The van der Waals surface area contributed by atoms with Crippen LogP contribution in [0, 0.1) is 17.3 Å². The van der Waals surface area contributed by atoms with Crippen LogP contribution in [0.5, 0.6) is 0 Å². The van der Waals surface area contributed by atoms with Crippen LogP contribution in [-0.2, 0) is 14.3 Å².